The number of nitrogens with one attached hydrogen (secondary N) is 1. The minimum atomic E-state index is -0.165. The molecule has 1 aromatic heterocycles. The highest BCUT2D eigenvalue weighted by Gasteiger charge is 2.21. The normalized spacial score (nSPS) is 19.4. The summed E-state index contributed by atoms with van der Waals surface area (Å²) in [6.45, 7) is 6.52. The number of aromatic nitrogens is 2. The van der Waals surface area contributed by atoms with E-state index in [0.717, 1.165) is 25.9 Å². The summed E-state index contributed by atoms with van der Waals surface area (Å²) in [5, 5.41) is 12.3. The van der Waals surface area contributed by atoms with E-state index in [1.807, 2.05) is 13.8 Å². The lowest BCUT2D eigenvalue weighted by Crippen LogP contribution is -2.45. The average molecular weight is 306 g/mol. The van der Waals surface area contributed by atoms with Crippen LogP contribution >= 0.6 is 0 Å². The molecule has 1 aliphatic rings. The second-order valence-electron chi connectivity index (χ2n) is 6.08. The smallest absolute Gasteiger partial charge is 0.270 e. The van der Waals surface area contributed by atoms with Crippen LogP contribution in [0.4, 0.5) is 0 Å². The van der Waals surface area contributed by atoms with E-state index < -0.39 is 0 Å². The van der Waals surface area contributed by atoms with Crippen LogP contribution in [0.2, 0.25) is 0 Å². The van der Waals surface area contributed by atoms with Gasteiger partial charge in [0.25, 0.3) is 5.91 Å². The summed E-state index contributed by atoms with van der Waals surface area (Å²) in [7, 11) is 0. The molecule has 1 aliphatic heterocycles. The fraction of sp³-hybridized carbons (Fsp3) is 0.688. The lowest BCUT2D eigenvalue weighted by molar-refractivity contribution is 0.0846. The molecule has 1 amide bonds. The van der Waals surface area contributed by atoms with Crippen LogP contribution < -0.4 is 5.32 Å². The Bertz CT molecular complexity index is 493. The van der Waals surface area contributed by atoms with Gasteiger partial charge in [0.15, 0.2) is 0 Å². The zero-order valence-electron chi connectivity index (χ0n) is 13.5. The van der Waals surface area contributed by atoms with Crippen LogP contribution in [-0.2, 0) is 0 Å². The van der Waals surface area contributed by atoms with Gasteiger partial charge in [-0.15, -0.1) is 0 Å². The standard InChI is InChI=1S/C16H26N4O2/c1-12(2)15-17-7-6-14(19-15)16(22)18-8-10-20-9-4-3-5-13(20)11-21/h6-7,12-13,21H,3-5,8-11H2,1-2H3,(H,18,22)/t13-/m1/s1. The first kappa shape index (κ1) is 16.8. The third-order valence-corrected chi connectivity index (χ3v) is 4.07. The predicted octanol–water partition coefficient (Wildman–Crippen LogP) is 1.18. The molecule has 0 bridgehead atoms. The molecule has 1 aromatic rings. The maximum atomic E-state index is 12.1. The van der Waals surface area contributed by atoms with Gasteiger partial charge >= 0.3 is 0 Å². The summed E-state index contributed by atoms with van der Waals surface area (Å²) in [5.41, 5.74) is 0.413. The quantitative estimate of drug-likeness (QED) is 0.825. The van der Waals surface area contributed by atoms with E-state index in [4.69, 9.17) is 0 Å². The number of likely N-dealkylation sites (tertiary alicyclic amines) is 1. The van der Waals surface area contributed by atoms with E-state index in [2.05, 4.69) is 20.2 Å². The number of hydrogen-bond donors (Lipinski definition) is 2. The molecular weight excluding hydrogens is 280 g/mol. The van der Waals surface area contributed by atoms with Gasteiger partial charge < -0.3 is 10.4 Å². The lowest BCUT2D eigenvalue weighted by atomic mass is 10.0. The Balaban J connectivity index is 1.83. The summed E-state index contributed by atoms with van der Waals surface area (Å²) >= 11 is 0. The van der Waals surface area contributed by atoms with Crippen LogP contribution in [0.5, 0.6) is 0 Å². The van der Waals surface area contributed by atoms with Crippen molar-refractivity contribution in [1.82, 2.24) is 20.2 Å². The van der Waals surface area contributed by atoms with Crippen LogP contribution in [0.25, 0.3) is 0 Å². The first-order valence-corrected chi connectivity index (χ1v) is 8.08. The molecule has 6 heteroatoms. The summed E-state index contributed by atoms with van der Waals surface area (Å²) < 4.78 is 0. The van der Waals surface area contributed by atoms with E-state index in [0.29, 0.717) is 18.1 Å². The minimum Gasteiger partial charge on any atom is -0.395 e. The average Bonchev–Trinajstić information content (AvgIpc) is 2.55. The van der Waals surface area contributed by atoms with Crippen molar-refractivity contribution >= 4 is 5.91 Å². The highest BCUT2D eigenvalue weighted by Crippen LogP contribution is 2.15. The molecule has 2 heterocycles. The van der Waals surface area contributed by atoms with Crippen molar-refractivity contribution in [3.05, 3.63) is 23.8 Å². The number of carbonyl (C=O) groups is 1. The number of aliphatic hydroxyl groups is 1. The number of aliphatic hydroxyl groups excluding tert-OH is 1. The highest BCUT2D eigenvalue weighted by atomic mass is 16.3. The summed E-state index contributed by atoms with van der Waals surface area (Å²) in [6, 6.07) is 1.87. The van der Waals surface area contributed by atoms with Crippen molar-refractivity contribution in [3.63, 3.8) is 0 Å². The van der Waals surface area contributed by atoms with Crippen molar-refractivity contribution < 1.29 is 9.90 Å². The summed E-state index contributed by atoms with van der Waals surface area (Å²) in [4.78, 5) is 22.9. The first-order valence-electron chi connectivity index (χ1n) is 8.08. The highest BCUT2D eigenvalue weighted by molar-refractivity contribution is 5.92. The monoisotopic (exact) mass is 306 g/mol. The molecular formula is C16H26N4O2. The number of nitrogens with zero attached hydrogens (tertiary/aromatic N) is 3. The summed E-state index contributed by atoms with van der Waals surface area (Å²) in [5.74, 6) is 0.720. The van der Waals surface area contributed by atoms with Gasteiger partial charge in [-0.05, 0) is 25.5 Å². The molecule has 0 radical (unpaired) electrons. The molecule has 22 heavy (non-hydrogen) atoms. The summed E-state index contributed by atoms with van der Waals surface area (Å²) in [6.07, 6.45) is 5.00. The molecule has 0 saturated carbocycles. The van der Waals surface area contributed by atoms with Gasteiger partial charge in [0.05, 0.1) is 6.61 Å². The van der Waals surface area contributed by atoms with Crippen LogP contribution in [0, 0.1) is 0 Å². The predicted molar refractivity (Wildman–Crippen MR) is 84.8 cm³/mol. The molecule has 0 aromatic carbocycles. The van der Waals surface area contributed by atoms with E-state index in [-0.39, 0.29) is 24.5 Å². The molecule has 2 rings (SSSR count). The van der Waals surface area contributed by atoms with E-state index >= 15 is 0 Å². The Labute approximate surface area is 132 Å². The third-order valence-electron chi connectivity index (χ3n) is 4.07. The molecule has 2 N–H and O–H groups in total. The van der Waals surface area contributed by atoms with Gasteiger partial charge in [-0.3, -0.25) is 9.69 Å². The molecule has 0 unspecified atom stereocenters. The van der Waals surface area contributed by atoms with Gasteiger partial charge in [0, 0.05) is 31.2 Å². The third kappa shape index (κ3) is 4.48. The van der Waals surface area contributed by atoms with E-state index in [9.17, 15) is 9.90 Å². The maximum Gasteiger partial charge on any atom is 0.270 e. The second kappa shape index (κ2) is 8.19. The lowest BCUT2D eigenvalue weighted by Gasteiger charge is -2.34. The number of rotatable bonds is 6. The van der Waals surface area contributed by atoms with E-state index in [1.165, 1.54) is 6.42 Å². The van der Waals surface area contributed by atoms with Crippen LogP contribution in [-0.4, -0.2) is 58.2 Å². The SMILES string of the molecule is CC(C)c1nccc(C(=O)NCCN2CCCC[C@@H]2CO)n1. The number of hydrogen-bond acceptors (Lipinski definition) is 5. The molecule has 122 valence electrons. The Morgan fingerprint density at radius 2 is 2.32 bits per heavy atom. The van der Waals surface area contributed by atoms with Gasteiger partial charge in [-0.25, -0.2) is 9.97 Å². The van der Waals surface area contributed by atoms with Crippen molar-refractivity contribution in [1.29, 1.82) is 0 Å². The van der Waals surface area contributed by atoms with Crippen molar-refractivity contribution in [2.45, 2.75) is 45.1 Å². The minimum absolute atomic E-state index is 0.165. The Hall–Kier alpha value is -1.53. The van der Waals surface area contributed by atoms with Crippen molar-refractivity contribution in [3.8, 4) is 0 Å². The molecule has 0 aliphatic carbocycles. The second-order valence-corrected chi connectivity index (χ2v) is 6.08. The Morgan fingerprint density at radius 3 is 3.05 bits per heavy atom. The molecule has 1 atom stereocenters. The van der Waals surface area contributed by atoms with Crippen LogP contribution in [0.3, 0.4) is 0 Å². The molecule has 1 saturated heterocycles. The number of piperidine rings is 1. The molecule has 0 spiro atoms. The van der Waals surface area contributed by atoms with Gasteiger partial charge in [0.2, 0.25) is 0 Å². The largest absolute Gasteiger partial charge is 0.395 e. The zero-order valence-corrected chi connectivity index (χ0v) is 13.5. The Morgan fingerprint density at radius 1 is 1.50 bits per heavy atom. The fourth-order valence-corrected chi connectivity index (χ4v) is 2.74. The Kier molecular flexibility index (Phi) is 6.27. The number of amides is 1. The topological polar surface area (TPSA) is 78.4 Å². The molecule has 6 nitrogen and oxygen atoms in total. The van der Waals surface area contributed by atoms with Gasteiger partial charge in [-0.2, -0.15) is 0 Å². The van der Waals surface area contributed by atoms with Crippen LogP contribution in [0.1, 0.15) is 55.3 Å². The van der Waals surface area contributed by atoms with E-state index in [1.54, 1.807) is 12.3 Å². The molecule has 1 fully saturated rings. The fourth-order valence-electron chi connectivity index (χ4n) is 2.74. The van der Waals surface area contributed by atoms with Crippen molar-refractivity contribution in [2.24, 2.45) is 0 Å². The van der Waals surface area contributed by atoms with Crippen LogP contribution in [0.15, 0.2) is 12.3 Å². The number of carbonyl (C=O) groups excluding carboxylic acids is 1. The maximum absolute atomic E-state index is 12.1. The first-order chi connectivity index (χ1) is 10.6. The van der Waals surface area contributed by atoms with Gasteiger partial charge in [-0.1, -0.05) is 20.3 Å². The van der Waals surface area contributed by atoms with Gasteiger partial charge in [0.1, 0.15) is 11.5 Å². The zero-order chi connectivity index (χ0) is 15.9. The van der Waals surface area contributed by atoms with Crippen molar-refractivity contribution in [2.75, 3.05) is 26.2 Å².